The van der Waals surface area contributed by atoms with E-state index in [1.54, 1.807) is 6.08 Å². The normalized spacial score (nSPS) is 13.3. The van der Waals surface area contributed by atoms with Gasteiger partial charge in [-0.2, -0.15) is 0 Å². The number of rotatable bonds is 21. The Morgan fingerprint density at radius 1 is 1.05 bits per heavy atom. The Bertz CT molecular complexity index is 842. The van der Waals surface area contributed by atoms with E-state index >= 15 is 0 Å². The van der Waals surface area contributed by atoms with Crippen LogP contribution in [0.15, 0.2) is 55.6 Å². The molecule has 0 aliphatic carbocycles. The molecule has 1 aromatic carbocycles. The number of unbranched alkanes of at least 4 members (excludes halogenated alkanes) is 1. The topological polar surface area (TPSA) is 114 Å². The molecule has 212 valence electrons. The van der Waals surface area contributed by atoms with Gasteiger partial charge in [-0.25, -0.2) is 0 Å². The fourth-order valence-corrected chi connectivity index (χ4v) is 3.91. The van der Waals surface area contributed by atoms with Gasteiger partial charge in [-0.05, 0) is 43.6 Å². The minimum Gasteiger partial charge on any atom is -0.463 e. The molecule has 1 aromatic rings. The summed E-state index contributed by atoms with van der Waals surface area (Å²) >= 11 is 0. The number of aliphatic hydroxyl groups excluding tert-OH is 1. The minimum atomic E-state index is -0.590. The van der Waals surface area contributed by atoms with Crippen molar-refractivity contribution in [1.29, 1.82) is 0 Å². The number of nitrogens with one attached hydrogen (secondary N) is 2. The molecule has 3 N–H and O–H groups in total. The molecule has 0 spiro atoms. The Hall–Kier alpha value is -2.97. The standard InChI is InChI=1S/C30H46N2O6/c1-5-7-9-15-26(20-24-13-10-8-11-14-24)30(36)38-22-27(23(3)4)32-29(35)25(12-6-2)21-28(34)31-16-18-37-19-17-33/h5-6,8,10-11,13-14,23,25-27,33H,1-2,7,9,12,15-22H2,3-4H3,(H,31,34)(H,32,35)/t25-,26-,27-/m1/s1. The van der Waals surface area contributed by atoms with Gasteiger partial charge in [0.15, 0.2) is 0 Å². The van der Waals surface area contributed by atoms with Crippen LogP contribution in [0.5, 0.6) is 0 Å². The lowest BCUT2D eigenvalue weighted by Gasteiger charge is -2.26. The second-order valence-corrected chi connectivity index (χ2v) is 9.71. The fourth-order valence-electron chi connectivity index (χ4n) is 3.91. The van der Waals surface area contributed by atoms with Gasteiger partial charge in [0.1, 0.15) is 6.61 Å². The number of hydrogen-bond donors (Lipinski definition) is 3. The van der Waals surface area contributed by atoms with Crippen molar-refractivity contribution in [3.8, 4) is 0 Å². The third-order valence-electron chi connectivity index (χ3n) is 6.21. The number of carbonyl (C=O) groups is 3. The lowest BCUT2D eigenvalue weighted by molar-refractivity contribution is -0.150. The maximum absolute atomic E-state index is 13.1. The number of esters is 1. The van der Waals surface area contributed by atoms with Crippen LogP contribution in [0, 0.1) is 17.8 Å². The van der Waals surface area contributed by atoms with Crippen molar-refractivity contribution in [2.24, 2.45) is 17.8 Å². The predicted octanol–water partition coefficient (Wildman–Crippen LogP) is 3.59. The van der Waals surface area contributed by atoms with Crippen LogP contribution < -0.4 is 10.6 Å². The summed E-state index contributed by atoms with van der Waals surface area (Å²) in [6.45, 7) is 12.1. The fraction of sp³-hybridized carbons (Fsp3) is 0.567. The molecule has 0 radical (unpaired) electrons. The lowest BCUT2D eigenvalue weighted by Crippen LogP contribution is -2.46. The summed E-state index contributed by atoms with van der Waals surface area (Å²) in [6, 6.07) is 9.47. The number of carbonyl (C=O) groups excluding carboxylic acids is 3. The average molecular weight is 531 g/mol. The largest absolute Gasteiger partial charge is 0.463 e. The van der Waals surface area contributed by atoms with E-state index in [0.717, 1.165) is 18.4 Å². The van der Waals surface area contributed by atoms with E-state index in [4.69, 9.17) is 14.6 Å². The Balaban J connectivity index is 2.71. The zero-order valence-corrected chi connectivity index (χ0v) is 23.0. The van der Waals surface area contributed by atoms with E-state index in [0.29, 0.717) is 25.8 Å². The van der Waals surface area contributed by atoms with Crippen LogP contribution in [0.1, 0.15) is 51.5 Å². The maximum atomic E-state index is 13.1. The zero-order valence-electron chi connectivity index (χ0n) is 23.0. The van der Waals surface area contributed by atoms with Crippen LogP contribution in [-0.4, -0.2) is 61.9 Å². The molecule has 0 fully saturated rings. The van der Waals surface area contributed by atoms with Crippen molar-refractivity contribution in [2.45, 2.75) is 58.4 Å². The number of hydrogen-bond acceptors (Lipinski definition) is 6. The monoisotopic (exact) mass is 530 g/mol. The first kappa shape index (κ1) is 33.1. The van der Waals surface area contributed by atoms with Crippen LogP contribution >= 0.6 is 0 Å². The molecule has 0 aliphatic heterocycles. The molecule has 3 atom stereocenters. The summed E-state index contributed by atoms with van der Waals surface area (Å²) in [5.74, 6) is -1.68. The molecule has 0 saturated carbocycles. The van der Waals surface area contributed by atoms with Crippen molar-refractivity contribution >= 4 is 17.8 Å². The van der Waals surface area contributed by atoms with E-state index < -0.39 is 5.92 Å². The summed E-state index contributed by atoms with van der Waals surface area (Å²) in [5, 5.41) is 14.4. The van der Waals surface area contributed by atoms with Gasteiger partial charge in [0.25, 0.3) is 0 Å². The van der Waals surface area contributed by atoms with E-state index in [-0.39, 0.29) is 68.5 Å². The smallest absolute Gasteiger partial charge is 0.309 e. The summed E-state index contributed by atoms with van der Waals surface area (Å²) in [4.78, 5) is 38.4. The van der Waals surface area contributed by atoms with Crippen molar-refractivity contribution in [2.75, 3.05) is 33.0 Å². The van der Waals surface area contributed by atoms with Gasteiger partial charge in [-0.1, -0.05) is 56.3 Å². The number of ether oxygens (including phenoxy) is 2. The Morgan fingerprint density at radius 2 is 1.79 bits per heavy atom. The van der Waals surface area contributed by atoms with Crippen LogP contribution in [0.3, 0.4) is 0 Å². The maximum Gasteiger partial charge on any atom is 0.309 e. The Morgan fingerprint density at radius 3 is 2.42 bits per heavy atom. The molecule has 0 aliphatic rings. The molecule has 0 saturated heterocycles. The molecule has 8 heteroatoms. The highest BCUT2D eigenvalue weighted by atomic mass is 16.5. The molecule has 38 heavy (non-hydrogen) atoms. The average Bonchev–Trinajstić information content (AvgIpc) is 2.90. The van der Waals surface area contributed by atoms with Crippen LogP contribution in [0.25, 0.3) is 0 Å². The highest BCUT2D eigenvalue weighted by molar-refractivity contribution is 5.86. The second-order valence-electron chi connectivity index (χ2n) is 9.71. The SMILES string of the molecule is C=CCCC[C@H](Cc1ccccc1)C(=O)OC[C@@H](NC(=O)[C@H](CC=C)CC(=O)NCCOCCO)C(C)C. The summed E-state index contributed by atoms with van der Waals surface area (Å²) in [5.41, 5.74) is 1.08. The molecule has 2 amide bonds. The zero-order chi connectivity index (χ0) is 28.2. The van der Waals surface area contributed by atoms with E-state index in [1.807, 2.05) is 50.3 Å². The van der Waals surface area contributed by atoms with Crippen molar-refractivity contribution < 1.29 is 29.0 Å². The first-order valence-corrected chi connectivity index (χ1v) is 13.5. The summed E-state index contributed by atoms with van der Waals surface area (Å²) < 4.78 is 10.9. The lowest BCUT2D eigenvalue weighted by atomic mass is 9.94. The summed E-state index contributed by atoms with van der Waals surface area (Å²) in [6.07, 6.45) is 6.77. The molecule has 8 nitrogen and oxygen atoms in total. The van der Waals surface area contributed by atoms with Crippen molar-refractivity contribution in [3.63, 3.8) is 0 Å². The molecule has 0 heterocycles. The third-order valence-corrected chi connectivity index (χ3v) is 6.21. The van der Waals surface area contributed by atoms with Gasteiger partial charge in [-0.3, -0.25) is 14.4 Å². The van der Waals surface area contributed by atoms with Gasteiger partial charge in [0.05, 0.1) is 37.7 Å². The number of aliphatic hydroxyl groups is 1. The van der Waals surface area contributed by atoms with E-state index in [9.17, 15) is 14.4 Å². The van der Waals surface area contributed by atoms with Gasteiger partial charge in [0, 0.05) is 13.0 Å². The number of allylic oxidation sites excluding steroid dienone is 2. The predicted molar refractivity (Wildman–Crippen MR) is 149 cm³/mol. The highest BCUT2D eigenvalue weighted by Crippen LogP contribution is 2.18. The number of benzene rings is 1. The van der Waals surface area contributed by atoms with Crippen LogP contribution in [0.4, 0.5) is 0 Å². The molecule has 1 rings (SSSR count). The summed E-state index contributed by atoms with van der Waals surface area (Å²) in [7, 11) is 0. The molecule has 0 aromatic heterocycles. The minimum absolute atomic E-state index is 0.00487. The molecular formula is C30H46N2O6. The quantitative estimate of drug-likeness (QED) is 0.127. The third kappa shape index (κ3) is 14.1. The van der Waals surface area contributed by atoms with E-state index in [1.165, 1.54) is 0 Å². The second kappa shape index (κ2) is 20.1. The van der Waals surface area contributed by atoms with Gasteiger partial charge >= 0.3 is 5.97 Å². The van der Waals surface area contributed by atoms with Crippen molar-refractivity contribution in [1.82, 2.24) is 10.6 Å². The molecular weight excluding hydrogens is 484 g/mol. The van der Waals surface area contributed by atoms with Gasteiger partial charge in [-0.15, -0.1) is 13.2 Å². The number of amides is 2. The Kier molecular flexibility index (Phi) is 17.4. The highest BCUT2D eigenvalue weighted by Gasteiger charge is 2.27. The first-order chi connectivity index (χ1) is 18.3. The molecule has 0 bridgehead atoms. The first-order valence-electron chi connectivity index (χ1n) is 13.5. The van der Waals surface area contributed by atoms with E-state index in [2.05, 4.69) is 23.8 Å². The van der Waals surface area contributed by atoms with Crippen LogP contribution in [-0.2, 0) is 30.3 Å². The Labute approximate surface area is 227 Å². The van der Waals surface area contributed by atoms with Crippen LogP contribution in [0.2, 0.25) is 0 Å². The van der Waals surface area contributed by atoms with Gasteiger partial charge < -0.3 is 25.2 Å². The van der Waals surface area contributed by atoms with Gasteiger partial charge in [0.2, 0.25) is 11.8 Å². The van der Waals surface area contributed by atoms with Crippen molar-refractivity contribution in [3.05, 3.63) is 61.2 Å². The molecule has 0 unspecified atom stereocenters.